The Morgan fingerprint density at radius 2 is 1.93 bits per heavy atom. The summed E-state index contributed by atoms with van der Waals surface area (Å²) in [7, 11) is 0. The van der Waals surface area contributed by atoms with E-state index in [4.69, 9.17) is 9.47 Å². The molecule has 1 N–H and O–H groups in total. The number of rotatable bonds is 5. The molecule has 0 aliphatic carbocycles. The number of nitrogens with zero attached hydrogens (tertiary/aromatic N) is 1. The molecule has 0 saturated carbocycles. The van der Waals surface area contributed by atoms with Crippen molar-refractivity contribution in [2.45, 2.75) is 25.9 Å². The van der Waals surface area contributed by atoms with Crippen LogP contribution in [0.15, 0.2) is 42.5 Å². The van der Waals surface area contributed by atoms with Crippen LogP contribution in [0.1, 0.15) is 50.8 Å². The number of carbonyl (C=O) groups excluding carboxylic acids is 4. The van der Waals surface area contributed by atoms with E-state index in [1.807, 2.05) is 0 Å². The van der Waals surface area contributed by atoms with E-state index in [0.29, 0.717) is 18.7 Å². The fourth-order valence-electron chi connectivity index (χ4n) is 3.58. The maximum absolute atomic E-state index is 12.9. The molecule has 154 valence electrons. The Bertz CT molecular complexity index is 1040. The third kappa shape index (κ3) is 3.81. The van der Waals surface area contributed by atoms with E-state index in [0.717, 1.165) is 17.7 Å². The lowest BCUT2D eigenvalue weighted by Crippen LogP contribution is -2.31. The Labute approximate surface area is 172 Å². The Kier molecular flexibility index (Phi) is 5.33. The van der Waals surface area contributed by atoms with Crippen LogP contribution in [-0.4, -0.2) is 42.9 Å². The number of fused-ring (bicyclic) bond motifs is 1. The van der Waals surface area contributed by atoms with Gasteiger partial charge >= 0.3 is 5.97 Å². The summed E-state index contributed by atoms with van der Waals surface area (Å²) in [6.07, 6.45) is 1.88. The SMILES string of the molecule is CC(=O)Oc1cccc(N2C(=O)c3ccc(C(=O)NC[C@H]4CCCO4)cc3C2=O)c1. The molecule has 4 rings (SSSR count). The van der Waals surface area contributed by atoms with Crippen molar-refractivity contribution in [2.75, 3.05) is 18.1 Å². The molecule has 1 saturated heterocycles. The van der Waals surface area contributed by atoms with Gasteiger partial charge in [0.05, 0.1) is 22.9 Å². The first-order valence-electron chi connectivity index (χ1n) is 9.65. The van der Waals surface area contributed by atoms with Crippen LogP contribution in [0.2, 0.25) is 0 Å². The number of benzene rings is 2. The molecule has 2 heterocycles. The first-order chi connectivity index (χ1) is 14.4. The fraction of sp³-hybridized carbons (Fsp3) is 0.273. The average molecular weight is 408 g/mol. The predicted octanol–water partition coefficient (Wildman–Crippen LogP) is 2.32. The minimum absolute atomic E-state index is 0.00609. The summed E-state index contributed by atoms with van der Waals surface area (Å²) in [5.74, 6) is -1.65. The first kappa shape index (κ1) is 19.8. The highest BCUT2D eigenvalue weighted by atomic mass is 16.5. The van der Waals surface area contributed by atoms with Crippen molar-refractivity contribution >= 4 is 29.4 Å². The predicted molar refractivity (Wildman–Crippen MR) is 107 cm³/mol. The topological polar surface area (TPSA) is 102 Å². The second kappa shape index (κ2) is 8.08. The van der Waals surface area contributed by atoms with Crippen molar-refractivity contribution in [3.63, 3.8) is 0 Å². The van der Waals surface area contributed by atoms with Gasteiger partial charge in [0.2, 0.25) is 0 Å². The van der Waals surface area contributed by atoms with Crippen LogP contribution >= 0.6 is 0 Å². The standard InChI is InChI=1S/C22H20N2O6/c1-13(25)30-16-5-2-4-15(11-16)24-21(27)18-8-7-14(10-19(18)22(24)28)20(26)23-12-17-6-3-9-29-17/h2,4-5,7-8,10-11,17H,3,6,9,12H2,1H3,(H,23,26)/t17-/m1/s1. The van der Waals surface area contributed by atoms with E-state index in [1.165, 1.54) is 31.2 Å². The number of anilines is 1. The molecule has 0 aromatic heterocycles. The van der Waals surface area contributed by atoms with E-state index < -0.39 is 17.8 Å². The molecule has 8 nitrogen and oxygen atoms in total. The van der Waals surface area contributed by atoms with Crippen molar-refractivity contribution in [3.05, 3.63) is 59.2 Å². The van der Waals surface area contributed by atoms with Crippen LogP contribution in [0.3, 0.4) is 0 Å². The van der Waals surface area contributed by atoms with Crippen LogP contribution in [0.4, 0.5) is 5.69 Å². The van der Waals surface area contributed by atoms with Gasteiger partial charge in [0.25, 0.3) is 17.7 Å². The molecule has 2 aliphatic rings. The highest BCUT2D eigenvalue weighted by Gasteiger charge is 2.37. The van der Waals surface area contributed by atoms with Crippen LogP contribution in [0.5, 0.6) is 5.75 Å². The Hall–Kier alpha value is -3.52. The minimum atomic E-state index is -0.538. The van der Waals surface area contributed by atoms with Gasteiger partial charge in [-0.05, 0) is 43.2 Å². The van der Waals surface area contributed by atoms with Gasteiger partial charge in [-0.1, -0.05) is 6.07 Å². The van der Waals surface area contributed by atoms with Crippen LogP contribution < -0.4 is 15.0 Å². The van der Waals surface area contributed by atoms with Gasteiger partial charge in [0.15, 0.2) is 0 Å². The molecule has 0 spiro atoms. The summed E-state index contributed by atoms with van der Waals surface area (Å²) in [5.41, 5.74) is 0.948. The molecule has 0 radical (unpaired) electrons. The second-order valence-corrected chi connectivity index (χ2v) is 7.14. The number of hydrogen-bond acceptors (Lipinski definition) is 6. The molecule has 2 aromatic carbocycles. The van der Waals surface area contributed by atoms with Crippen LogP contribution in [0.25, 0.3) is 0 Å². The molecular weight excluding hydrogens is 388 g/mol. The molecule has 1 fully saturated rings. The summed E-state index contributed by atoms with van der Waals surface area (Å²) in [5, 5.41) is 2.80. The van der Waals surface area contributed by atoms with E-state index in [9.17, 15) is 19.2 Å². The number of imide groups is 1. The lowest BCUT2D eigenvalue weighted by atomic mass is 10.1. The van der Waals surface area contributed by atoms with Crippen molar-refractivity contribution in [1.82, 2.24) is 5.32 Å². The van der Waals surface area contributed by atoms with Crippen LogP contribution in [0, 0.1) is 0 Å². The third-order valence-corrected chi connectivity index (χ3v) is 5.00. The molecule has 0 unspecified atom stereocenters. The highest BCUT2D eigenvalue weighted by Crippen LogP contribution is 2.31. The Morgan fingerprint density at radius 3 is 2.67 bits per heavy atom. The van der Waals surface area contributed by atoms with Gasteiger partial charge in [-0.3, -0.25) is 19.2 Å². The highest BCUT2D eigenvalue weighted by molar-refractivity contribution is 6.34. The molecule has 3 amide bonds. The van der Waals surface area contributed by atoms with E-state index in [2.05, 4.69) is 5.32 Å². The first-order valence-corrected chi connectivity index (χ1v) is 9.65. The molecule has 8 heteroatoms. The number of amides is 3. The average Bonchev–Trinajstić information content (AvgIpc) is 3.32. The molecule has 2 aromatic rings. The van der Waals surface area contributed by atoms with Gasteiger partial charge in [-0.25, -0.2) is 4.90 Å². The van der Waals surface area contributed by atoms with Crippen LogP contribution in [-0.2, 0) is 9.53 Å². The van der Waals surface area contributed by atoms with Gasteiger partial charge < -0.3 is 14.8 Å². The zero-order valence-corrected chi connectivity index (χ0v) is 16.3. The van der Waals surface area contributed by atoms with Gasteiger partial charge in [0, 0.05) is 31.7 Å². The zero-order chi connectivity index (χ0) is 21.3. The molecule has 30 heavy (non-hydrogen) atoms. The minimum Gasteiger partial charge on any atom is -0.427 e. The van der Waals surface area contributed by atoms with E-state index in [-0.39, 0.29) is 34.6 Å². The summed E-state index contributed by atoms with van der Waals surface area (Å²) < 4.78 is 10.5. The molecule has 0 bridgehead atoms. The maximum atomic E-state index is 12.9. The van der Waals surface area contributed by atoms with E-state index in [1.54, 1.807) is 18.2 Å². The summed E-state index contributed by atoms with van der Waals surface area (Å²) in [4.78, 5) is 50.4. The number of hydrogen-bond donors (Lipinski definition) is 1. The summed E-state index contributed by atoms with van der Waals surface area (Å²) >= 11 is 0. The fourth-order valence-corrected chi connectivity index (χ4v) is 3.58. The zero-order valence-electron chi connectivity index (χ0n) is 16.3. The normalized spacial score (nSPS) is 17.8. The monoisotopic (exact) mass is 408 g/mol. The van der Waals surface area contributed by atoms with Crippen molar-refractivity contribution < 1.29 is 28.7 Å². The smallest absolute Gasteiger partial charge is 0.308 e. The molecule has 2 aliphatic heterocycles. The van der Waals surface area contributed by atoms with Crippen molar-refractivity contribution in [1.29, 1.82) is 0 Å². The van der Waals surface area contributed by atoms with Crippen molar-refractivity contribution in [2.24, 2.45) is 0 Å². The number of esters is 1. The summed E-state index contributed by atoms with van der Waals surface area (Å²) in [6, 6.07) is 10.6. The maximum Gasteiger partial charge on any atom is 0.308 e. The Morgan fingerprint density at radius 1 is 1.13 bits per heavy atom. The van der Waals surface area contributed by atoms with Gasteiger partial charge in [-0.2, -0.15) is 0 Å². The van der Waals surface area contributed by atoms with Crippen molar-refractivity contribution in [3.8, 4) is 5.75 Å². The van der Waals surface area contributed by atoms with Gasteiger partial charge in [0.1, 0.15) is 5.75 Å². The summed E-state index contributed by atoms with van der Waals surface area (Å²) in [6.45, 7) is 2.36. The quantitative estimate of drug-likeness (QED) is 0.463. The third-order valence-electron chi connectivity index (χ3n) is 5.00. The van der Waals surface area contributed by atoms with E-state index >= 15 is 0 Å². The lowest BCUT2D eigenvalue weighted by molar-refractivity contribution is -0.131. The number of nitrogens with one attached hydrogen (secondary N) is 1. The molecular formula is C22H20N2O6. The molecule has 1 atom stereocenters. The lowest BCUT2D eigenvalue weighted by Gasteiger charge is -2.14. The van der Waals surface area contributed by atoms with Gasteiger partial charge in [-0.15, -0.1) is 0 Å². The second-order valence-electron chi connectivity index (χ2n) is 7.14. The number of carbonyl (C=O) groups is 4. The largest absolute Gasteiger partial charge is 0.427 e. The number of ether oxygens (including phenoxy) is 2. The Balaban J connectivity index is 1.54.